The molecule has 0 saturated heterocycles. The van der Waals surface area contributed by atoms with Gasteiger partial charge in [-0.3, -0.25) is 0 Å². The van der Waals surface area contributed by atoms with Crippen LogP contribution >= 0.6 is 11.6 Å². The van der Waals surface area contributed by atoms with Gasteiger partial charge in [0, 0.05) is 10.6 Å². The molecule has 0 aliphatic carbocycles. The molecule has 10 heavy (non-hydrogen) atoms. The van der Waals surface area contributed by atoms with Gasteiger partial charge in [-0.15, -0.1) is 0 Å². The van der Waals surface area contributed by atoms with Crippen molar-refractivity contribution in [2.75, 3.05) is 0 Å². The minimum Gasteiger partial charge on any atom is -0.207 e. The Morgan fingerprint density at radius 3 is 2.40 bits per heavy atom. The Morgan fingerprint density at radius 1 is 1.40 bits per heavy atom. The SMILES string of the molecule is Cc1c(F)cccc1Cl.[MgH2]. The van der Waals surface area contributed by atoms with Gasteiger partial charge in [0.1, 0.15) is 5.82 Å². The highest BCUT2D eigenvalue weighted by Crippen LogP contribution is 2.16. The second kappa shape index (κ2) is 4.16. The summed E-state index contributed by atoms with van der Waals surface area (Å²) in [6.45, 7) is 1.65. The monoisotopic (exact) mass is 170 g/mol. The average Bonchev–Trinajstić information content (AvgIpc) is 1.83. The van der Waals surface area contributed by atoms with Crippen molar-refractivity contribution >= 4 is 34.7 Å². The molecule has 0 fully saturated rings. The lowest BCUT2D eigenvalue weighted by Gasteiger charge is -1.95. The maximum Gasteiger partial charge on any atom is 0.316 e. The van der Waals surface area contributed by atoms with E-state index < -0.39 is 0 Å². The van der Waals surface area contributed by atoms with Crippen molar-refractivity contribution in [3.8, 4) is 0 Å². The molecule has 0 unspecified atom stereocenters. The molecule has 0 saturated carbocycles. The molecule has 0 aromatic heterocycles. The molecule has 0 spiro atoms. The van der Waals surface area contributed by atoms with E-state index in [4.69, 9.17) is 11.6 Å². The smallest absolute Gasteiger partial charge is 0.207 e. The summed E-state index contributed by atoms with van der Waals surface area (Å²) in [7, 11) is 0. The summed E-state index contributed by atoms with van der Waals surface area (Å²) in [6.07, 6.45) is 0. The molecule has 1 aromatic carbocycles. The van der Waals surface area contributed by atoms with Crippen molar-refractivity contribution in [1.82, 2.24) is 0 Å². The Morgan fingerprint density at radius 2 is 2.00 bits per heavy atom. The molecule has 52 valence electrons. The van der Waals surface area contributed by atoms with Crippen molar-refractivity contribution in [3.05, 3.63) is 34.6 Å². The normalized spacial score (nSPS) is 8.70. The summed E-state index contributed by atoms with van der Waals surface area (Å²) in [5, 5.41) is 0.481. The lowest BCUT2D eigenvalue weighted by Crippen LogP contribution is -1.80. The summed E-state index contributed by atoms with van der Waals surface area (Å²) in [4.78, 5) is 0. The number of benzene rings is 1. The second-order valence-corrected chi connectivity index (χ2v) is 2.25. The first-order chi connectivity index (χ1) is 4.22. The maximum absolute atomic E-state index is 12.5. The maximum atomic E-state index is 12.5. The zero-order valence-corrected chi connectivity index (χ0v) is 5.74. The minimum atomic E-state index is -0.248. The van der Waals surface area contributed by atoms with Gasteiger partial charge in [0.15, 0.2) is 0 Å². The molecule has 3 heteroatoms. The fourth-order valence-corrected chi connectivity index (χ4v) is 0.744. The number of halogens is 2. The fourth-order valence-electron chi connectivity index (χ4n) is 0.581. The highest BCUT2D eigenvalue weighted by atomic mass is 35.5. The minimum absolute atomic E-state index is 0. The Balaban J connectivity index is 0.000000810. The second-order valence-electron chi connectivity index (χ2n) is 1.85. The Labute approximate surface area is 80.5 Å². The van der Waals surface area contributed by atoms with Crippen LogP contribution < -0.4 is 0 Å². The largest absolute Gasteiger partial charge is 0.316 e. The van der Waals surface area contributed by atoms with Crippen LogP contribution in [0.1, 0.15) is 5.56 Å². The lowest BCUT2D eigenvalue weighted by atomic mass is 10.2. The van der Waals surface area contributed by atoms with Crippen LogP contribution in [0.3, 0.4) is 0 Å². The van der Waals surface area contributed by atoms with Crippen LogP contribution in [0, 0.1) is 12.7 Å². The van der Waals surface area contributed by atoms with E-state index in [1.165, 1.54) is 6.07 Å². The zero-order chi connectivity index (χ0) is 6.85. The van der Waals surface area contributed by atoms with E-state index in [1.807, 2.05) is 0 Å². The van der Waals surface area contributed by atoms with Gasteiger partial charge >= 0.3 is 23.1 Å². The van der Waals surface area contributed by atoms with Crippen molar-refractivity contribution < 1.29 is 4.39 Å². The molecule has 0 bridgehead atoms. The highest BCUT2D eigenvalue weighted by Gasteiger charge is 1.97. The van der Waals surface area contributed by atoms with E-state index in [1.54, 1.807) is 19.1 Å². The van der Waals surface area contributed by atoms with Gasteiger partial charge in [0.2, 0.25) is 0 Å². The van der Waals surface area contributed by atoms with E-state index >= 15 is 0 Å². The highest BCUT2D eigenvalue weighted by molar-refractivity contribution is 6.31. The number of rotatable bonds is 0. The van der Waals surface area contributed by atoms with Gasteiger partial charge < -0.3 is 0 Å². The first kappa shape index (κ1) is 10.2. The van der Waals surface area contributed by atoms with Gasteiger partial charge in [-0.25, -0.2) is 4.39 Å². The first-order valence-electron chi connectivity index (χ1n) is 2.62. The number of hydrogen-bond donors (Lipinski definition) is 0. The van der Waals surface area contributed by atoms with Crippen molar-refractivity contribution in [1.29, 1.82) is 0 Å². The molecule has 1 aromatic rings. The van der Waals surface area contributed by atoms with E-state index in [0.29, 0.717) is 10.6 Å². The van der Waals surface area contributed by atoms with Crippen molar-refractivity contribution in [2.45, 2.75) is 6.92 Å². The standard InChI is InChI=1S/C7H6ClF.Mg.2H/c1-5-6(8)3-2-4-7(5)9;;;/h2-4H,1H3;;;. The van der Waals surface area contributed by atoms with E-state index in [0.717, 1.165) is 0 Å². The van der Waals surface area contributed by atoms with E-state index in [-0.39, 0.29) is 28.9 Å². The predicted octanol–water partition coefficient (Wildman–Crippen LogP) is 1.87. The van der Waals surface area contributed by atoms with Gasteiger partial charge in [0.25, 0.3) is 0 Å². The zero-order valence-electron chi connectivity index (χ0n) is 4.99. The molecule has 0 nitrogen and oxygen atoms in total. The molecule has 0 aliphatic heterocycles. The topological polar surface area (TPSA) is 0 Å². The molecule has 0 heterocycles. The lowest BCUT2D eigenvalue weighted by molar-refractivity contribution is 0.618. The van der Waals surface area contributed by atoms with Gasteiger partial charge in [-0.2, -0.15) is 0 Å². The van der Waals surface area contributed by atoms with E-state index in [9.17, 15) is 4.39 Å². The fraction of sp³-hybridized carbons (Fsp3) is 0.143. The van der Waals surface area contributed by atoms with Crippen LogP contribution in [0.2, 0.25) is 5.02 Å². The summed E-state index contributed by atoms with van der Waals surface area (Å²) >= 11 is 5.57. The van der Waals surface area contributed by atoms with Crippen LogP contribution in [-0.2, 0) is 0 Å². The van der Waals surface area contributed by atoms with Crippen LogP contribution in [0.5, 0.6) is 0 Å². The molecule has 1 rings (SSSR count). The van der Waals surface area contributed by atoms with Crippen LogP contribution in [0.25, 0.3) is 0 Å². The third kappa shape index (κ3) is 2.11. The van der Waals surface area contributed by atoms with Crippen LogP contribution in [0.15, 0.2) is 18.2 Å². The molecule has 0 N–H and O–H groups in total. The Hall–Kier alpha value is 0.206. The first-order valence-corrected chi connectivity index (χ1v) is 3.00. The summed E-state index contributed by atoms with van der Waals surface area (Å²) in [5.74, 6) is -0.248. The Kier molecular flexibility index (Phi) is 4.25. The Bertz CT molecular complexity index is 205. The molecular formula is C7H8ClFMg. The summed E-state index contributed by atoms with van der Waals surface area (Å²) in [5.41, 5.74) is 0.513. The van der Waals surface area contributed by atoms with Gasteiger partial charge in [-0.05, 0) is 19.1 Å². The van der Waals surface area contributed by atoms with Crippen molar-refractivity contribution in [3.63, 3.8) is 0 Å². The molecule has 0 aliphatic rings. The van der Waals surface area contributed by atoms with Gasteiger partial charge in [0.05, 0.1) is 0 Å². The number of hydrogen-bond acceptors (Lipinski definition) is 0. The molecule has 0 amide bonds. The average molecular weight is 171 g/mol. The quantitative estimate of drug-likeness (QED) is 0.522. The molecule has 0 atom stereocenters. The summed E-state index contributed by atoms with van der Waals surface area (Å²) in [6, 6.07) is 4.64. The molecular weight excluding hydrogens is 163 g/mol. The van der Waals surface area contributed by atoms with Crippen LogP contribution in [-0.4, -0.2) is 23.1 Å². The van der Waals surface area contributed by atoms with Crippen LogP contribution in [0.4, 0.5) is 4.39 Å². The summed E-state index contributed by atoms with van der Waals surface area (Å²) < 4.78 is 12.5. The van der Waals surface area contributed by atoms with E-state index in [2.05, 4.69) is 0 Å². The third-order valence-electron chi connectivity index (χ3n) is 1.20. The van der Waals surface area contributed by atoms with Crippen molar-refractivity contribution in [2.24, 2.45) is 0 Å². The molecule has 0 radical (unpaired) electrons. The third-order valence-corrected chi connectivity index (χ3v) is 1.61. The van der Waals surface area contributed by atoms with Gasteiger partial charge in [-0.1, -0.05) is 17.7 Å². The predicted molar refractivity (Wildman–Crippen MR) is 44.7 cm³/mol.